The van der Waals surface area contributed by atoms with Crippen molar-refractivity contribution in [3.63, 3.8) is 0 Å². The van der Waals surface area contributed by atoms with Gasteiger partial charge in [-0.2, -0.15) is 0 Å². The Hall–Kier alpha value is -1.61. The fraction of sp³-hybridized carbons (Fsp3) is 0.520. The first-order valence-corrected chi connectivity index (χ1v) is 12.2. The van der Waals surface area contributed by atoms with Crippen LogP contribution in [0.1, 0.15) is 51.8 Å². The van der Waals surface area contributed by atoms with E-state index in [1.165, 1.54) is 0 Å². The van der Waals surface area contributed by atoms with Crippen LogP contribution in [0.2, 0.25) is 0 Å². The van der Waals surface area contributed by atoms with Crippen molar-refractivity contribution in [1.29, 1.82) is 0 Å². The van der Waals surface area contributed by atoms with Crippen molar-refractivity contribution >= 4 is 11.0 Å². The SMILES string of the molecule is CC1(C)O[C@H]2O[C@H]([C@H](NS(=O)C(C)(C)C)c3ccccc3)[C@H](OCc3ccccc3)[C@H]2O1. The topological polar surface area (TPSA) is 66.0 Å². The third-order valence-electron chi connectivity index (χ3n) is 5.59. The Balaban J connectivity index is 1.63. The summed E-state index contributed by atoms with van der Waals surface area (Å²) >= 11 is 0. The molecule has 1 N–H and O–H groups in total. The third kappa shape index (κ3) is 5.30. The highest BCUT2D eigenvalue weighted by atomic mass is 32.2. The maximum atomic E-state index is 13.1. The molecule has 174 valence electrons. The van der Waals surface area contributed by atoms with Crippen molar-refractivity contribution in [3.05, 3.63) is 71.8 Å². The molecule has 0 aliphatic carbocycles. The molecule has 32 heavy (non-hydrogen) atoms. The van der Waals surface area contributed by atoms with Crippen LogP contribution in [0.5, 0.6) is 0 Å². The van der Waals surface area contributed by atoms with Crippen LogP contribution in [0.3, 0.4) is 0 Å². The van der Waals surface area contributed by atoms with Gasteiger partial charge in [0.25, 0.3) is 0 Å². The number of benzene rings is 2. The molecule has 4 rings (SSSR count). The van der Waals surface area contributed by atoms with Crippen LogP contribution in [0.25, 0.3) is 0 Å². The predicted octanol–water partition coefficient (Wildman–Crippen LogP) is 4.24. The predicted molar refractivity (Wildman–Crippen MR) is 124 cm³/mol. The summed E-state index contributed by atoms with van der Waals surface area (Å²) in [5.41, 5.74) is 2.04. The van der Waals surface area contributed by atoms with Crippen molar-refractivity contribution in [2.24, 2.45) is 0 Å². The first kappa shape index (κ1) is 23.5. The molecule has 0 bridgehead atoms. The average Bonchev–Trinajstić information content (AvgIpc) is 3.22. The Labute approximate surface area is 193 Å². The van der Waals surface area contributed by atoms with Gasteiger partial charge in [-0.3, -0.25) is 0 Å². The van der Waals surface area contributed by atoms with E-state index in [2.05, 4.69) is 4.72 Å². The molecule has 0 saturated carbocycles. The van der Waals surface area contributed by atoms with E-state index in [0.717, 1.165) is 11.1 Å². The monoisotopic (exact) mass is 459 g/mol. The minimum Gasteiger partial charge on any atom is -0.368 e. The number of hydrogen-bond donors (Lipinski definition) is 1. The first-order chi connectivity index (χ1) is 15.1. The highest BCUT2D eigenvalue weighted by Crippen LogP contribution is 2.42. The van der Waals surface area contributed by atoms with Gasteiger partial charge in [0.15, 0.2) is 12.1 Å². The normalized spacial score (nSPS) is 28.9. The molecule has 6 nitrogen and oxygen atoms in total. The van der Waals surface area contributed by atoms with Gasteiger partial charge in [0.1, 0.15) is 18.3 Å². The Morgan fingerprint density at radius 2 is 1.66 bits per heavy atom. The van der Waals surface area contributed by atoms with Crippen molar-refractivity contribution in [2.45, 2.75) is 82.4 Å². The molecule has 0 aromatic heterocycles. The Morgan fingerprint density at radius 1 is 1.03 bits per heavy atom. The maximum Gasteiger partial charge on any atom is 0.190 e. The lowest BCUT2D eigenvalue weighted by Gasteiger charge is -2.33. The summed E-state index contributed by atoms with van der Waals surface area (Å²) in [6, 6.07) is 19.6. The molecule has 1 unspecified atom stereocenters. The summed E-state index contributed by atoms with van der Waals surface area (Å²) in [5.74, 6) is -0.751. The molecule has 2 aliphatic heterocycles. The van der Waals surface area contributed by atoms with Crippen molar-refractivity contribution < 1.29 is 23.2 Å². The molecular weight excluding hydrogens is 426 g/mol. The summed E-state index contributed by atoms with van der Waals surface area (Å²) in [4.78, 5) is 0. The standard InChI is InChI=1S/C25H33NO5S/c1-24(2,3)32(27)26-19(18-14-10-7-11-15-18)20-21(28-16-17-12-8-6-9-13-17)22-23(29-20)31-25(4,5)30-22/h6-15,19-23,26H,16H2,1-5H3/t19-,20-,21+,22-,23-,32?/m1/s1. The molecule has 0 spiro atoms. The van der Waals surface area contributed by atoms with Gasteiger partial charge in [0.2, 0.25) is 0 Å². The van der Waals surface area contributed by atoms with E-state index in [0.29, 0.717) is 6.61 Å². The summed E-state index contributed by atoms with van der Waals surface area (Å²) in [6.45, 7) is 10.0. The largest absolute Gasteiger partial charge is 0.368 e. The van der Waals surface area contributed by atoms with Crippen LogP contribution in [-0.4, -0.2) is 39.3 Å². The molecule has 2 aromatic carbocycles. The molecule has 0 radical (unpaired) electrons. The van der Waals surface area contributed by atoms with Crippen LogP contribution in [0.4, 0.5) is 0 Å². The second-order valence-corrected chi connectivity index (χ2v) is 11.7. The summed E-state index contributed by atoms with van der Waals surface area (Å²) in [7, 11) is -1.31. The van der Waals surface area contributed by atoms with Gasteiger partial charge in [0, 0.05) is 0 Å². The summed E-state index contributed by atoms with van der Waals surface area (Å²) in [6.07, 6.45) is -1.78. The molecule has 2 fully saturated rings. The van der Waals surface area contributed by atoms with E-state index in [1.54, 1.807) is 0 Å². The van der Waals surface area contributed by atoms with Crippen LogP contribution < -0.4 is 4.72 Å². The Bertz CT molecular complexity index is 915. The number of hydrogen-bond acceptors (Lipinski definition) is 5. The zero-order valence-electron chi connectivity index (χ0n) is 19.3. The number of fused-ring (bicyclic) bond motifs is 1. The second-order valence-electron chi connectivity index (χ2n) is 9.72. The maximum absolute atomic E-state index is 13.1. The zero-order chi connectivity index (χ0) is 22.9. The van der Waals surface area contributed by atoms with E-state index < -0.39 is 40.0 Å². The fourth-order valence-electron chi connectivity index (χ4n) is 4.01. The number of nitrogens with one attached hydrogen (secondary N) is 1. The van der Waals surface area contributed by atoms with E-state index >= 15 is 0 Å². The molecule has 7 heteroatoms. The molecule has 2 aromatic rings. The van der Waals surface area contributed by atoms with Gasteiger partial charge in [-0.05, 0) is 45.7 Å². The van der Waals surface area contributed by atoms with Crippen molar-refractivity contribution in [3.8, 4) is 0 Å². The van der Waals surface area contributed by atoms with Crippen LogP contribution >= 0.6 is 0 Å². The minimum absolute atomic E-state index is 0.363. The molecule has 2 heterocycles. The lowest BCUT2D eigenvalue weighted by atomic mass is 9.97. The molecule has 2 saturated heterocycles. The average molecular weight is 460 g/mol. The second kappa shape index (κ2) is 9.33. The third-order valence-corrected chi connectivity index (χ3v) is 7.17. The van der Waals surface area contributed by atoms with Gasteiger partial charge < -0.3 is 18.9 Å². The van der Waals surface area contributed by atoms with Gasteiger partial charge in [-0.15, -0.1) is 0 Å². The van der Waals surface area contributed by atoms with Crippen molar-refractivity contribution in [2.75, 3.05) is 0 Å². The molecular formula is C25H33NO5S. The van der Waals surface area contributed by atoms with Gasteiger partial charge >= 0.3 is 0 Å². The van der Waals surface area contributed by atoms with E-state index in [-0.39, 0.29) is 12.1 Å². The van der Waals surface area contributed by atoms with Gasteiger partial charge in [0.05, 0.1) is 28.4 Å². The highest BCUT2D eigenvalue weighted by molar-refractivity contribution is 7.84. The van der Waals surface area contributed by atoms with E-state index in [4.69, 9.17) is 18.9 Å². The van der Waals surface area contributed by atoms with Gasteiger partial charge in [-0.1, -0.05) is 60.7 Å². The Morgan fingerprint density at radius 3 is 2.28 bits per heavy atom. The van der Waals surface area contributed by atoms with Gasteiger partial charge in [-0.25, -0.2) is 8.93 Å². The molecule has 2 aliphatic rings. The smallest absolute Gasteiger partial charge is 0.190 e. The summed E-state index contributed by atoms with van der Waals surface area (Å²) in [5, 5.41) is 0. The fourth-order valence-corrected chi connectivity index (χ4v) is 4.86. The van der Waals surface area contributed by atoms with Crippen LogP contribution in [0, 0.1) is 0 Å². The Kier molecular flexibility index (Phi) is 6.86. The number of ether oxygens (including phenoxy) is 4. The van der Waals surface area contributed by atoms with Crippen LogP contribution in [0.15, 0.2) is 60.7 Å². The van der Waals surface area contributed by atoms with E-state index in [1.807, 2.05) is 95.3 Å². The lowest BCUT2D eigenvalue weighted by Crippen LogP contribution is -2.46. The van der Waals surface area contributed by atoms with Crippen LogP contribution in [-0.2, 0) is 36.5 Å². The first-order valence-electron chi connectivity index (χ1n) is 11.0. The quantitative estimate of drug-likeness (QED) is 0.671. The number of rotatable bonds is 7. The van der Waals surface area contributed by atoms with Crippen molar-refractivity contribution in [1.82, 2.24) is 4.72 Å². The lowest BCUT2D eigenvalue weighted by molar-refractivity contribution is -0.222. The molecule has 0 amide bonds. The minimum atomic E-state index is -1.31. The summed E-state index contributed by atoms with van der Waals surface area (Å²) < 4.78 is 41.0. The highest BCUT2D eigenvalue weighted by Gasteiger charge is 2.57. The molecule has 6 atom stereocenters. The zero-order valence-corrected chi connectivity index (χ0v) is 20.1. The van der Waals surface area contributed by atoms with E-state index in [9.17, 15) is 4.21 Å².